The highest BCUT2D eigenvalue weighted by atomic mass is 35.5. The molecule has 150 valence electrons. The number of benzene rings is 1. The van der Waals surface area contributed by atoms with E-state index in [1.165, 1.54) is 12.8 Å². The van der Waals surface area contributed by atoms with Gasteiger partial charge in [0.25, 0.3) is 0 Å². The van der Waals surface area contributed by atoms with Crippen LogP contribution in [0.2, 0.25) is 5.02 Å². The zero-order chi connectivity index (χ0) is 14.4. The molecular weight excluding hydrogens is 387 g/mol. The molecule has 1 aliphatic rings. The molecule has 0 amide bonds. The summed E-state index contributed by atoms with van der Waals surface area (Å²) in [4.78, 5) is 12.9. The third-order valence-corrected chi connectivity index (χ3v) is 5.15. The van der Waals surface area contributed by atoms with Gasteiger partial charge in [0.2, 0.25) is 0 Å². The van der Waals surface area contributed by atoms with Crippen molar-refractivity contribution in [2.24, 2.45) is 11.8 Å². The van der Waals surface area contributed by atoms with Crippen molar-refractivity contribution >= 4 is 29.6 Å². The SMILES string of the molecule is CCCC1CCC(C(=O)OSc2ccccc2Cl)CC1.F.F.F.F.F. The van der Waals surface area contributed by atoms with E-state index in [0.29, 0.717) is 5.02 Å². The number of hydrogen-bond donors (Lipinski definition) is 0. The van der Waals surface area contributed by atoms with Gasteiger partial charge < -0.3 is 4.18 Å². The second kappa shape index (κ2) is 16.4. The maximum Gasteiger partial charge on any atom is 0.321 e. The van der Waals surface area contributed by atoms with Crippen molar-refractivity contribution < 1.29 is 32.5 Å². The van der Waals surface area contributed by atoms with Gasteiger partial charge in [-0.15, -0.1) is 0 Å². The predicted octanol–water partition coefficient (Wildman–Crippen LogP) is 6.26. The van der Waals surface area contributed by atoms with E-state index >= 15 is 0 Å². The molecule has 25 heavy (non-hydrogen) atoms. The molecule has 0 aromatic heterocycles. The molecule has 0 N–H and O–H groups in total. The third-order valence-electron chi connectivity index (χ3n) is 3.93. The van der Waals surface area contributed by atoms with Crippen LogP contribution in [-0.2, 0) is 8.98 Å². The predicted molar refractivity (Wildman–Crippen MR) is 96.3 cm³/mol. The minimum Gasteiger partial charge on any atom is -0.386 e. The first kappa shape index (κ1) is 31.7. The van der Waals surface area contributed by atoms with Crippen LogP contribution in [0.25, 0.3) is 0 Å². The Morgan fingerprint density at radius 3 is 2.16 bits per heavy atom. The molecule has 9 heteroatoms. The van der Waals surface area contributed by atoms with Gasteiger partial charge >= 0.3 is 5.97 Å². The Bertz CT molecular complexity index is 460. The highest BCUT2D eigenvalue weighted by Crippen LogP contribution is 2.34. The Labute approximate surface area is 154 Å². The lowest BCUT2D eigenvalue weighted by atomic mass is 9.80. The zero-order valence-corrected chi connectivity index (χ0v) is 15.4. The quantitative estimate of drug-likeness (QED) is 0.421. The second-order valence-electron chi connectivity index (χ2n) is 5.42. The van der Waals surface area contributed by atoms with Crippen molar-refractivity contribution in [1.82, 2.24) is 0 Å². The topological polar surface area (TPSA) is 26.3 Å². The van der Waals surface area contributed by atoms with Crippen LogP contribution in [0.1, 0.15) is 45.4 Å². The van der Waals surface area contributed by atoms with Gasteiger partial charge in [-0.1, -0.05) is 43.5 Å². The normalized spacial score (nSPS) is 18.0. The standard InChI is InChI=1S/C16H21ClO2S.5FH/c1-2-5-12-8-10-13(11-9-12)16(18)19-20-15-7-4-3-6-14(15)17;;;;;/h3-4,6-7,12-13H,2,5,8-11H2,1H3;5*1H. The fourth-order valence-electron chi connectivity index (χ4n) is 2.76. The van der Waals surface area contributed by atoms with Crippen LogP contribution < -0.4 is 0 Å². The van der Waals surface area contributed by atoms with E-state index in [4.69, 9.17) is 15.8 Å². The third kappa shape index (κ3) is 9.89. The maximum absolute atomic E-state index is 12.1. The van der Waals surface area contributed by atoms with E-state index in [-0.39, 0.29) is 35.4 Å². The summed E-state index contributed by atoms with van der Waals surface area (Å²) in [5, 5.41) is 0.622. The molecule has 2 rings (SSSR count). The van der Waals surface area contributed by atoms with Gasteiger partial charge in [0, 0.05) is 0 Å². The summed E-state index contributed by atoms with van der Waals surface area (Å²) >= 11 is 7.11. The lowest BCUT2D eigenvalue weighted by Crippen LogP contribution is -2.22. The highest BCUT2D eigenvalue weighted by Gasteiger charge is 2.27. The molecule has 0 spiro atoms. The minimum absolute atomic E-state index is 0. The molecule has 0 unspecified atom stereocenters. The van der Waals surface area contributed by atoms with E-state index in [2.05, 4.69) is 6.92 Å². The van der Waals surface area contributed by atoms with Gasteiger partial charge in [0.15, 0.2) is 0 Å². The molecule has 0 aliphatic heterocycles. The molecular formula is C16H26ClF5O2S. The summed E-state index contributed by atoms with van der Waals surface area (Å²) in [5.41, 5.74) is 0. The number of hydrogen-bond acceptors (Lipinski definition) is 3. The van der Waals surface area contributed by atoms with Crippen molar-refractivity contribution in [2.75, 3.05) is 0 Å². The molecule has 2 nitrogen and oxygen atoms in total. The van der Waals surface area contributed by atoms with Crippen LogP contribution in [0.5, 0.6) is 0 Å². The van der Waals surface area contributed by atoms with Gasteiger partial charge in [-0.3, -0.25) is 28.3 Å². The average molecular weight is 413 g/mol. The summed E-state index contributed by atoms with van der Waals surface area (Å²) < 4.78 is 5.34. The number of halogens is 6. The molecule has 0 bridgehead atoms. The summed E-state index contributed by atoms with van der Waals surface area (Å²) in [6.45, 7) is 2.22. The van der Waals surface area contributed by atoms with Crippen LogP contribution in [0.15, 0.2) is 29.2 Å². The van der Waals surface area contributed by atoms with Crippen LogP contribution >= 0.6 is 23.6 Å². The molecule has 1 saturated carbocycles. The summed E-state index contributed by atoms with van der Waals surface area (Å²) in [7, 11) is 0. The van der Waals surface area contributed by atoms with E-state index < -0.39 is 0 Å². The van der Waals surface area contributed by atoms with Gasteiger partial charge in [-0.05, 0) is 43.7 Å². The number of rotatable bonds is 5. The Kier molecular flexibility index (Phi) is 20.9. The summed E-state index contributed by atoms with van der Waals surface area (Å²) in [5.74, 6) is 0.781. The van der Waals surface area contributed by atoms with Crippen molar-refractivity contribution in [1.29, 1.82) is 0 Å². The number of carbonyl (C=O) groups is 1. The van der Waals surface area contributed by atoms with Crippen molar-refractivity contribution in [3.8, 4) is 0 Å². The Hall–Kier alpha value is -1.02. The van der Waals surface area contributed by atoms with Gasteiger partial charge in [-0.25, -0.2) is 0 Å². The van der Waals surface area contributed by atoms with Gasteiger partial charge in [0.05, 0.1) is 27.9 Å². The molecule has 1 aromatic rings. The lowest BCUT2D eigenvalue weighted by Gasteiger charge is -2.26. The summed E-state index contributed by atoms with van der Waals surface area (Å²) in [6.07, 6.45) is 6.77. The Morgan fingerprint density at radius 1 is 1.08 bits per heavy atom. The lowest BCUT2D eigenvalue weighted by molar-refractivity contribution is -0.138. The van der Waals surface area contributed by atoms with E-state index in [1.807, 2.05) is 18.2 Å². The monoisotopic (exact) mass is 412 g/mol. The Balaban J connectivity index is -0.000000441. The largest absolute Gasteiger partial charge is 0.386 e. The van der Waals surface area contributed by atoms with Crippen LogP contribution in [0.4, 0.5) is 23.5 Å². The van der Waals surface area contributed by atoms with E-state index in [1.54, 1.807) is 6.07 Å². The number of carbonyl (C=O) groups excluding carboxylic acids is 1. The second-order valence-corrected chi connectivity index (χ2v) is 6.60. The molecule has 0 radical (unpaired) electrons. The van der Waals surface area contributed by atoms with Gasteiger partial charge in [0.1, 0.15) is 0 Å². The van der Waals surface area contributed by atoms with Crippen LogP contribution in [0, 0.1) is 11.8 Å². The first-order valence-corrected chi connectivity index (χ1v) is 8.45. The zero-order valence-electron chi connectivity index (χ0n) is 13.9. The molecule has 0 atom stereocenters. The Morgan fingerprint density at radius 2 is 1.64 bits per heavy atom. The highest BCUT2D eigenvalue weighted by molar-refractivity contribution is 7.95. The van der Waals surface area contributed by atoms with Crippen molar-refractivity contribution in [3.05, 3.63) is 29.3 Å². The van der Waals surface area contributed by atoms with Crippen LogP contribution in [-0.4, -0.2) is 5.97 Å². The summed E-state index contributed by atoms with van der Waals surface area (Å²) in [6, 6.07) is 7.41. The molecule has 1 fully saturated rings. The first-order chi connectivity index (χ1) is 9.70. The fourth-order valence-corrected chi connectivity index (χ4v) is 3.58. The molecule has 1 aromatic carbocycles. The van der Waals surface area contributed by atoms with Crippen molar-refractivity contribution in [2.45, 2.75) is 50.3 Å². The smallest absolute Gasteiger partial charge is 0.321 e. The molecule has 0 heterocycles. The molecule has 0 saturated heterocycles. The van der Waals surface area contributed by atoms with E-state index in [9.17, 15) is 4.79 Å². The van der Waals surface area contributed by atoms with Gasteiger partial charge in [-0.2, -0.15) is 0 Å². The first-order valence-electron chi connectivity index (χ1n) is 7.33. The van der Waals surface area contributed by atoms with E-state index in [0.717, 1.165) is 48.5 Å². The average Bonchev–Trinajstić information content (AvgIpc) is 2.47. The van der Waals surface area contributed by atoms with Crippen LogP contribution in [0.3, 0.4) is 0 Å². The maximum atomic E-state index is 12.1. The minimum atomic E-state index is -0.0927. The fraction of sp³-hybridized carbons (Fsp3) is 0.562. The van der Waals surface area contributed by atoms with Crippen molar-refractivity contribution in [3.63, 3.8) is 0 Å². The molecule has 1 aliphatic carbocycles.